The molecule has 0 aliphatic carbocycles. The summed E-state index contributed by atoms with van der Waals surface area (Å²) in [6.45, 7) is 0.471. The number of carbonyl (C=O) groups is 1. The maximum absolute atomic E-state index is 12.3. The van der Waals surface area contributed by atoms with Crippen molar-refractivity contribution >= 4 is 11.7 Å². The van der Waals surface area contributed by atoms with Crippen LogP contribution < -0.4 is 11.1 Å². The van der Waals surface area contributed by atoms with E-state index < -0.39 is 0 Å². The number of hydrogen-bond acceptors (Lipinski definition) is 5. The Labute approximate surface area is 162 Å². The summed E-state index contributed by atoms with van der Waals surface area (Å²) in [5, 5.41) is 27.9. The van der Waals surface area contributed by atoms with Gasteiger partial charge in [0.25, 0.3) is 5.91 Å². The van der Waals surface area contributed by atoms with Crippen molar-refractivity contribution in [3.05, 3.63) is 77.6 Å². The van der Waals surface area contributed by atoms with Crippen LogP contribution in [0.3, 0.4) is 0 Å². The zero-order chi connectivity index (χ0) is 19.9. The standard InChI is InChI=1S/C21H21N5O2/c22-20(23)17-7-8-19(27)16(12-17)2-1-10-24-21(28)15-5-3-14(4-6-15)18-9-11-25-26-13-18/h3-9,11-13,27H,1-2,10H2,(H3,22,23)(H,24,28). The Bertz CT molecular complexity index is 972. The van der Waals surface area contributed by atoms with Gasteiger partial charge in [0, 0.05) is 23.2 Å². The number of nitrogens with zero attached hydrogens (tertiary/aromatic N) is 2. The number of carbonyl (C=O) groups excluding carboxylic acids is 1. The van der Waals surface area contributed by atoms with Crippen LogP contribution in [0.2, 0.25) is 0 Å². The SMILES string of the molecule is N=C(N)c1ccc(O)c(CCCNC(=O)c2ccc(-c3ccnnc3)cc2)c1. The number of nitrogens with one attached hydrogen (secondary N) is 2. The lowest BCUT2D eigenvalue weighted by Gasteiger charge is -2.09. The van der Waals surface area contributed by atoms with E-state index in [1.165, 1.54) is 6.07 Å². The number of amidine groups is 1. The number of phenolic OH excluding ortho intramolecular Hbond substituents is 1. The minimum absolute atomic E-state index is 0.0412. The molecule has 3 rings (SSSR count). The van der Waals surface area contributed by atoms with Crippen LogP contribution in [0.25, 0.3) is 11.1 Å². The molecule has 0 aliphatic rings. The fourth-order valence-corrected chi connectivity index (χ4v) is 2.81. The fourth-order valence-electron chi connectivity index (χ4n) is 2.81. The van der Waals surface area contributed by atoms with E-state index in [9.17, 15) is 9.90 Å². The van der Waals surface area contributed by atoms with Crippen molar-refractivity contribution < 1.29 is 9.90 Å². The van der Waals surface area contributed by atoms with Crippen molar-refractivity contribution in [1.82, 2.24) is 15.5 Å². The predicted octanol–water partition coefficient (Wildman–Crippen LogP) is 2.50. The van der Waals surface area contributed by atoms with Gasteiger partial charge in [-0.05, 0) is 60.4 Å². The van der Waals surface area contributed by atoms with Crippen molar-refractivity contribution in [2.24, 2.45) is 5.73 Å². The predicted molar refractivity (Wildman–Crippen MR) is 107 cm³/mol. The maximum atomic E-state index is 12.3. The second-order valence-electron chi connectivity index (χ2n) is 6.33. The average Bonchev–Trinajstić information content (AvgIpc) is 2.72. The van der Waals surface area contributed by atoms with Crippen molar-refractivity contribution in [1.29, 1.82) is 5.41 Å². The molecule has 1 aromatic heterocycles. The molecule has 28 heavy (non-hydrogen) atoms. The largest absolute Gasteiger partial charge is 0.508 e. The molecule has 3 aromatic rings. The van der Waals surface area contributed by atoms with Gasteiger partial charge in [-0.2, -0.15) is 10.2 Å². The van der Waals surface area contributed by atoms with Crippen molar-refractivity contribution in [2.75, 3.05) is 6.54 Å². The summed E-state index contributed by atoms with van der Waals surface area (Å²) in [7, 11) is 0. The van der Waals surface area contributed by atoms with Crippen LogP contribution in [0.5, 0.6) is 5.75 Å². The second kappa shape index (κ2) is 8.77. The summed E-state index contributed by atoms with van der Waals surface area (Å²) >= 11 is 0. The van der Waals surface area contributed by atoms with E-state index in [4.69, 9.17) is 11.1 Å². The third-order valence-corrected chi connectivity index (χ3v) is 4.36. The molecule has 5 N–H and O–H groups in total. The third kappa shape index (κ3) is 4.70. The van der Waals surface area contributed by atoms with E-state index in [0.717, 1.165) is 11.1 Å². The van der Waals surface area contributed by atoms with Crippen LogP contribution in [0, 0.1) is 5.41 Å². The van der Waals surface area contributed by atoms with Gasteiger partial charge in [0.1, 0.15) is 11.6 Å². The number of benzene rings is 2. The number of amides is 1. The molecule has 0 unspecified atom stereocenters. The first-order valence-electron chi connectivity index (χ1n) is 8.86. The molecule has 0 atom stereocenters. The molecule has 0 fully saturated rings. The average molecular weight is 375 g/mol. The number of aromatic hydroxyl groups is 1. The zero-order valence-corrected chi connectivity index (χ0v) is 15.2. The number of aromatic nitrogens is 2. The van der Waals surface area contributed by atoms with Crippen LogP contribution in [0.4, 0.5) is 0 Å². The Kier molecular flexibility index (Phi) is 5.96. The summed E-state index contributed by atoms with van der Waals surface area (Å²) in [6.07, 6.45) is 4.52. The first-order valence-corrected chi connectivity index (χ1v) is 8.86. The molecule has 0 saturated heterocycles. The lowest BCUT2D eigenvalue weighted by atomic mass is 10.0. The monoisotopic (exact) mass is 375 g/mol. The topological polar surface area (TPSA) is 125 Å². The molecule has 0 radical (unpaired) electrons. The Morgan fingerprint density at radius 3 is 2.46 bits per heavy atom. The zero-order valence-electron chi connectivity index (χ0n) is 15.2. The highest BCUT2D eigenvalue weighted by molar-refractivity contribution is 5.95. The van der Waals surface area contributed by atoms with Gasteiger partial charge < -0.3 is 16.2 Å². The van der Waals surface area contributed by atoms with E-state index in [2.05, 4.69) is 15.5 Å². The smallest absolute Gasteiger partial charge is 0.251 e. The minimum atomic E-state index is -0.152. The minimum Gasteiger partial charge on any atom is -0.508 e. The van der Waals surface area contributed by atoms with E-state index in [0.29, 0.717) is 36.1 Å². The molecule has 7 heteroatoms. The van der Waals surface area contributed by atoms with Gasteiger partial charge in [-0.1, -0.05) is 12.1 Å². The van der Waals surface area contributed by atoms with Gasteiger partial charge in [0.15, 0.2) is 0 Å². The van der Waals surface area contributed by atoms with Gasteiger partial charge in [-0.25, -0.2) is 0 Å². The third-order valence-electron chi connectivity index (χ3n) is 4.36. The summed E-state index contributed by atoms with van der Waals surface area (Å²) in [5.41, 5.74) is 9.23. The molecule has 0 bridgehead atoms. The van der Waals surface area contributed by atoms with Gasteiger partial charge in [-0.15, -0.1) is 0 Å². The molecule has 7 nitrogen and oxygen atoms in total. The molecule has 1 amide bonds. The van der Waals surface area contributed by atoms with Crippen molar-refractivity contribution in [3.8, 4) is 16.9 Å². The summed E-state index contributed by atoms with van der Waals surface area (Å²) in [5.74, 6) is -0.0285. The number of phenols is 1. The van der Waals surface area contributed by atoms with Crippen LogP contribution in [-0.2, 0) is 6.42 Å². The Balaban J connectivity index is 1.52. The Morgan fingerprint density at radius 1 is 1.04 bits per heavy atom. The highest BCUT2D eigenvalue weighted by Crippen LogP contribution is 2.20. The molecule has 1 heterocycles. The molecule has 142 valence electrons. The fraction of sp³-hybridized carbons (Fsp3) is 0.143. The molecule has 0 aliphatic heterocycles. The van der Waals surface area contributed by atoms with Gasteiger partial charge in [-0.3, -0.25) is 10.2 Å². The Hall–Kier alpha value is -3.74. The van der Waals surface area contributed by atoms with Gasteiger partial charge in [0.2, 0.25) is 0 Å². The molecule has 0 spiro atoms. The van der Waals surface area contributed by atoms with Crippen LogP contribution in [0.15, 0.2) is 60.9 Å². The molecular weight excluding hydrogens is 354 g/mol. The lowest BCUT2D eigenvalue weighted by molar-refractivity contribution is 0.0953. The first-order chi connectivity index (χ1) is 13.5. The summed E-state index contributed by atoms with van der Waals surface area (Å²) < 4.78 is 0. The first kappa shape index (κ1) is 19.0. The van der Waals surface area contributed by atoms with Crippen LogP contribution in [-0.4, -0.2) is 33.6 Å². The van der Waals surface area contributed by atoms with Crippen molar-refractivity contribution in [2.45, 2.75) is 12.8 Å². The normalized spacial score (nSPS) is 10.4. The quantitative estimate of drug-likeness (QED) is 0.287. The highest BCUT2D eigenvalue weighted by Gasteiger charge is 2.08. The molecule has 2 aromatic carbocycles. The molecule has 0 saturated carbocycles. The van der Waals surface area contributed by atoms with E-state index in [-0.39, 0.29) is 17.5 Å². The van der Waals surface area contributed by atoms with Gasteiger partial charge >= 0.3 is 0 Å². The van der Waals surface area contributed by atoms with E-state index in [1.807, 2.05) is 18.2 Å². The van der Waals surface area contributed by atoms with Crippen molar-refractivity contribution in [3.63, 3.8) is 0 Å². The number of aryl methyl sites for hydroxylation is 1. The maximum Gasteiger partial charge on any atom is 0.251 e. The number of nitrogen functional groups attached to an aromatic ring is 1. The summed E-state index contributed by atoms with van der Waals surface area (Å²) in [6, 6.07) is 14.0. The number of hydrogen-bond donors (Lipinski definition) is 4. The van der Waals surface area contributed by atoms with E-state index >= 15 is 0 Å². The van der Waals surface area contributed by atoms with Crippen LogP contribution >= 0.6 is 0 Å². The van der Waals surface area contributed by atoms with E-state index in [1.54, 1.807) is 36.7 Å². The molecular formula is C21H21N5O2. The van der Waals surface area contributed by atoms with Crippen LogP contribution in [0.1, 0.15) is 27.9 Å². The Morgan fingerprint density at radius 2 is 1.79 bits per heavy atom. The van der Waals surface area contributed by atoms with Gasteiger partial charge in [0.05, 0.1) is 12.4 Å². The number of rotatable bonds is 7. The number of nitrogens with two attached hydrogens (primary N) is 1. The highest BCUT2D eigenvalue weighted by atomic mass is 16.3. The lowest BCUT2D eigenvalue weighted by Crippen LogP contribution is -2.24. The summed E-state index contributed by atoms with van der Waals surface area (Å²) in [4.78, 5) is 12.3. The second-order valence-corrected chi connectivity index (χ2v) is 6.33.